The summed E-state index contributed by atoms with van der Waals surface area (Å²) in [5.74, 6) is 0. The van der Waals surface area contributed by atoms with Crippen LogP contribution in [0, 0.1) is 0 Å². The van der Waals surface area contributed by atoms with Gasteiger partial charge in [0.2, 0.25) is 0 Å². The average Bonchev–Trinajstić information content (AvgIpc) is 2.14. The molecule has 2 nitrogen and oxygen atoms in total. The third-order valence-electron chi connectivity index (χ3n) is 1.31. The molecular weight excluding hydrogens is 111 g/mol. The van der Waals surface area contributed by atoms with E-state index in [-0.39, 0.29) is 6.61 Å². The predicted molar refractivity (Wildman–Crippen MR) is 26.3 cm³/mol. The Hall–Kier alpha value is -0.150. The molecule has 1 saturated heterocycles. The number of halogens is 1. The van der Waals surface area contributed by atoms with Crippen LogP contribution in [0.15, 0.2) is 0 Å². The summed E-state index contributed by atoms with van der Waals surface area (Å²) in [4.78, 5) is 0. The molecule has 3 heteroatoms. The zero-order chi connectivity index (χ0) is 5.98. The fourth-order valence-corrected chi connectivity index (χ4v) is 0.789. The lowest BCUT2D eigenvalue weighted by atomic mass is 10.2. The molecule has 0 spiro atoms. The Morgan fingerprint density at radius 3 is 2.75 bits per heavy atom. The Labute approximate surface area is 47.3 Å². The second-order valence-corrected chi connectivity index (χ2v) is 1.90. The topological polar surface area (TPSA) is 29.5 Å². The molecule has 1 rings (SSSR count). The van der Waals surface area contributed by atoms with Crippen molar-refractivity contribution in [1.29, 1.82) is 0 Å². The number of alkyl halides is 1. The largest absolute Gasteiger partial charge is 0.394 e. The standard InChI is InChI=1S/C5H9FO2/c6-4-1-2-8-5(4)3-7/h4-5,7H,1-3H2/t4-,5+/m0/s1. The minimum Gasteiger partial charge on any atom is -0.394 e. The third-order valence-corrected chi connectivity index (χ3v) is 1.31. The second-order valence-electron chi connectivity index (χ2n) is 1.90. The molecule has 1 fully saturated rings. The van der Waals surface area contributed by atoms with Gasteiger partial charge in [0.1, 0.15) is 12.3 Å². The Bertz CT molecular complexity index is 76.8. The van der Waals surface area contributed by atoms with Gasteiger partial charge in [-0.2, -0.15) is 0 Å². The van der Waals surface area contributed by atoms with Crippen LogP contribution in [0.3, 0.4) is 0 Å². The molecule has 48 valence electrons. The first-order valence-electron chi connectivity index (χ1n) is 2.71. The quantitative estimate of drug-likeness (QED) is 0.532. The molecular formula is C5H9FO2. The van der Waals surface area contributed by atoms with Gasteiger partial charge in [0.05, 0.1) is 13.2 Å². The van der Waals surface area contributed by atoms with Crippen LogP contribution in [-0.4, -0.2) is 30.6 Å². The molecule has 1 aliphatic rings. The van der Waals surface area contributed by atoms with Crippen LogP contribution in [0.2, 0.25) is 0 Å². The summed E-state index contributed by atoms with van der Waals surface area (Å²) in [6, 6.07) is 0. The van der Waals surface area contributed by atoms with Crippen molar-refractivity contribution >= 4 is 0 Å². The molecule has 1 aliphatic heterocycles. The SMILES string of the molecule is OC[C@H]1OCC[C@@H]1F. The lowest BCUT2D eigenvalue weighted by molar-refractivity contribution is 0.0305. The molecule has 0 amide bonds. The van der Waals surface area contributed by atoms with Crippen molar-refractivity contribution in [1.82, 2.24) is 0 Å². The molecule has 2 atom stereocenters. The van der Waals surface area contributed by atoms with E-state index >= 15 is 0 Å². The van der Waals surface area contributed by atoms with Crippen molar-refractivity contribution in [3.05, 3.63) is 0 Å². The highest BCUT2D eigenvalue weighted by Gasteiger charge is 2.26. The first-order chi connectivity index (χ1) is 3.84. The van der Waals surface area contributed by atoms with Gasteiger partial charge in [-0.1, -0.05) is 0 Å². The number of hydrogen-bond donors (Lipinski definition) is 1. The summed E-state index contributed by atoms with van der Waals surface area (Å²) in [6.45, 7) is 0.258. The van der Waals surface area contributed by atoms with E-state index < -0.39 is 12.3 Å². The van der Waals surface area contributed by atoms with E-state index in [9.17, 15) is 4.39 Å². The highest BCUT2D eigenvalue weighted by atomic mass is 19.1. The van der Waals surface area contributed by atoms with Crippen LogP contribution in [0.4, 0.5) is 4.39 Å². The summed E-state index contributed by atoms with van der Waals surface area (Å²) in [5.41, 5.74) is 0. The molecule has 0 unspecified atom stereocenters. The molecule has 0 aromatic carbocycles. The van der Waals surface area contributed by atoms with Crippen molar-refractivity contribution in [2.75, 3.05) is 13.2 Å². The number of hydrogen-bond acceptors (Lipinski definition) is 2. The van der Waals surface area contributed by atoms with Crippen LogP contribution in [0.5, 0.6) is 0 Å². The summed E-state index contributed by atoms with van der Waals surface area (Å²) in [6.07, 6.45) is -1.06. The van der Waals surface area contributed by atoms with Gasteiger partial charge in [0, 0.05) is 6.42 Å². The molecule has 0 saturated carbocycles. The van der Waals surface area contributed by atoms with E-state index in [4.69, 9.17) is 9.84 Å². The predicted octanol–water partition coefficient (Wildman–Crippen LogP) is 0.106. The molecule has 0 radical (unpaired) electrons. The lowest BCUT2D eigenvalue weighted by Gasteiger charge is -2.05. The van der Waals surface area contributed by atoms with E-state index in [0.29, 0.717) is 13.0 Å². The number of aliphatic hydroxyl groups is 1. The van der Waals surface area contributed by atoms with Gasteiger partial charge in [-0.3, -0.25) is 0 Å². The number of rotatable bonds is 1. The summed E-state index contributed by atoms with van der Waals surface area (Å²) in [5, 5.41) is 8.37. The normalized spacial score (nSPS) is 38.2. The first kappa shape index (κ1) is 5.98. The van der Waals surface area contributed by atoms with Crippen molar-refractivity contribution in [3.8, 4) is 0 Å². The average molecular weight is 120 g/mol. The van der Waals surface area contributed by atoms with Gasteiger partial charge in [-0.15, -0.1) is 0 Å². The van der Waals surface area contributed by atoms with Crippen molar-refractivity contribution in [2.45, 2.75) is 18.7 Å². The van der Waals surface area contributed by atoms with E-state index in [1.807, 2.05) is 0 Å². The maximum atomic E-state index is 12.3. The fraction of sp³-hybridized carbons (Fsp3) is 1.00. The smallest absolute Gasteiger partial charge is 0.131 e. The maximum absolute atomic E-state index is 12.3. The van der Waals surface area contributed by atoms with E-state index in [0.717, 1.165) is 0 Å². The molecule has 0 bridgehead atoms. The Morgan fingerprint density at radius 1 is 1.75 bits per heavy atom. The summed E-state index contributed by atoms with van der Waals surface area (Å²) >= 11 is 0. The Balaban J connectivity index is 2.30. The minimum atomic E-state index is -0.944. The van der Waals surface area contributed by atoms with Gasteiger partial charge in [0.25, 0.3) is 0 Å². The van der Waals surface area contributed by atoms with Crippen LogP contribution in [-0.2, 0) is 4.74 Å². The van der Waals surface area contributed by atoms with Crippen molar-refractivity contribution in [2.24, 2.45) is 0 Å². The van der Waals surface area contributed by atoms with Crippen LogP contribution in [0.25, 0.3) is 0 Å². The first-order valence-corrected chi connectivity index (χ1v) is 2.71. The zero-order valence-electron chi connectivity index (χ0n) is 4.51. The Morgan fingerprint density at radius 2 is 2.50 bits per heavy atom. The third kappa shape index (κ3) is 0.980. The lowest BCUT2D eigenvalue weighted by Crippen LogP contribution is -2.20. The maximum Gasteiger partial charge on any atom is 0.131 e. The highest BCUT2D eigenvalue weighted by molar-refractivity contribution is 4.73. The fourth-order valence-electron chi connectivity index (χ4n) is 0.789. The molecule has 1 N–H and O–H groups in total. The molecule has 0 aromatic heterocycles. The van der Waals surface area contributed by atoms with Crippen molar-refractivity contribution < 1.29 is 14.2 Å². The van der Waals surface area contributed by atoms with Gasteiger partial charge < -0.3 is 9.84 Å². The number of aliphatic hydroxyl groups excluding tert-OH is 1. The van der Waals surface area contributed by atoms with E-state index in [1.165, 1.54) is 0 Å². The van der Waals surface area contributed by atoms with Crippen molar-refractivity contribution in [3.63, 3.8) is 0 Å². The zero-order valence-corrected chi connectivity index (χ0v) is 4.51. The number of ether oxygens (including phenoxy) is 1. The summed E-state index contributed by atoms with van der Waals surface area (Å²) < 4.78 is 17.1. The molecule has 1 heterocycles. The van der Waals surface area contributed by atoms with Gasteiger partial charge in [-0.25, -0.2) is 4.39 Å². The van der Waals surface area contributed by atoms with E-state index in [2.05, 4.69) is 0 Å². The minimum absolute atomic E-state index is 0.193. The monoisotopic (exact) mass is 120 g/mol. The van der Waals surface area contributed by atoms with Crippen LogP contribution in [0.1, 0.15) is 6.42 Å². The van der Waals surface area contributed by atoms with Gasteiger partial charge >= 0.3 is 0 Å². The molecule has 0 aliphatic carbocycles. The van der Waals surface area contributed by atoms with E-state index in [1.54, 1.807) is 0 Å². The van der Waals surface area contributed by atoms with Gasteiger partial charge in [-0.05, 0) is 0 Å². The Kier molecular flexibility index (Phi) is 1.81. The van der Waals surface area contributed by atoms with Crippen LogP contribution >= 0.6 is 0 Å². The molecule has 0 aromatic rings. The molecule has 8 heavy (non-hydrogen) atoms. The van der Waals surface area contributed by atoms with Crippen LogP contribution < -0.4 is 0 Å². The summed E-state index contributed by atoms with van der Waals surface area (Å²) in [7, 11) is 0. The van der Waals surface area contributed by atoms with Gasteiger partial charge in [0.15, 0.2) is 0 Å². The second kappa shape index (κ2) is 2.42. The highest BCUT2D eigenvalue weighted by Crippen LogP contribution is 2.15.